The minimum atomic E-state index is -0.696. The number of carbonyl (C=O) groups excluding carboxylic acids is 1. The lowest BCUT2D eigenvalue weighted by Gasteiger charge is -2.19. The van der Waals surface area contributed by atoms with Crippen molar-refractivity contribution in [2.45, 2.75) is 19.3 Å². The Morgan fingerprint density at radius 1 is 1.10 bits per heavy atom. The first-order valence-corrected chi connectivity index (χ1v) is 9.08. The summed E-state index contributed by atoms with van der Waals surface area (Å²) >= 11 is 0. The maximum atomic E-state index is 13.1. The molecule has 9 heteroatoms. The summed E-state index contributed by atoms with van der Waals surface area (Å²) < 4.78 is 16.2. The standard InChI is InChI=1S/C20H23N5O4/c1-4-29-16-8-6-5-7-15(16)21-20(26)14(19-22-24-25-23-19)11-13-9-10-17(27-2)18(12-13)28-3/h5-10,12,14H,4,11H2,1-3H3,(H2,21,22,23,24,25,26)/p-1/t14-/m0/s1. The number of methoxy groups -OCH3 is 2. The van der Waals surface area contributed by atoms with Crippen LogP contribution >= 0.6 is 0 Å². The predicted molar refractivity (Wildman–Crippen MR) is 105 cm³/mol. The van der Waals surface area contributed by atoms with Crippen LogP contribution in [-0.4, -0.2) is 42.3 Å². The van der Waals surface area contributed by atoms with Crippen LogP contribution in [0.25, 0.3) is 0 Å². The minimum absolute atomic E-state index is 0.242. The van der Waals surface area contributed by atoms with Crippen LogP contribution in [0.2, 0.25) is 0 Å². The second-order valence-electron chi connectivity index (χ2n) is 6.10. The van der Waals surface area contributed by atoms with E-state index in [1.807, 2.05) is 31.2 Å². The lowest BCUT2D eigenvalue weighted by atomic mass is 9.97. The SMILES string of the molecule is CCOc1ccccc1NC(=O)[C@@H](Cc1ccc(OC)c(OC)c1)c1nnn[n-]1. The fourth-order valence-electron chi connectivity index (χ4n) is 2.91. The summed E-state index contributed by atoms with van der Waals surface area (Å²) in [5.41, 5.74) is 1.43. The van der Waals surface area contributed by atoms with Crippen molar-refractivity contribution in [1.29, 1.82) is 0 Å². The zero-order chi connectivity index (χ0) is 20.6. The summed E-state index contributed by atoms with van der Waals surface area (Å²) in [6, 6.07) is 12.7. The van der Waals surface area contributed by atoms with Crippen molar-refractivity contribution in [2.75, 3.05) is 26.1 Å². The number of hydrogen-bond acceptors (Lipinski definition) is 7. The highest BCUT2D eigenvalue weighted by Gasteiger charge is 2.23. The molecule has 0 spiro atoms. The number of benzene rings is 2. The quantitative estimate of drug-likeness (QED) is 0.586. The molecule has 1 aromatic heterocycles. The molecule has 1 amide bonds. The van der Waals surface area contributed by atoms with Gasteiger partial charge in [0.05, 0.1) is 32.4 Å². The number of carbonyl (C=O) groups is 1. The molecule has 0 saturated heterocycles. The molecule has 1 heterocycles. The van der Waals surface area contributed by atoms with E-state index in [-0.39, 0.29) is 11.7 Å². The molecule has 0 saturated carbocycles. The third kappa shape index (κ3) is 4.81. The summed E-state index contributed by atoms with van der Waals surface area (Å²) in [5.74, 6) is 1.03. The summed E-state index contributed by atoms with van der Waals surface area (Å²) in [7, 11) is 3.13. The van der Waals surface area contributed by atoms with Crippen molar-refractivity contribution in [3.05, 3.63) is 53.9 Å². The van der Waals surface area contributed by atoms with Gasteiger partial charge in [0.1, 0.15) is 5.75 Å². The van der Waals surface area contributed by atoms with E-state index < -0.39 is 5.92 Å². The first-order chi connectivity index (χ1) is 14.2. The molecule has 0 aliphatic rings. The summed E-state index contributed by atoms with van der Waals surface area (Å²) in [6.07, 6.45) is 0.330. The van der Waals surface area contributed by atoms with Gasteiger partial charge in [-0.1, -0.05) is 18.2 Å². The number of rotatable bonds is 9. The summed E-state index contributed by atoms with van der Waals surface area (Å²) in [6.45, 7) is 2.37. The van der Waals surface area contributed by atoms with Crippen LogP contribution in [0.1, 0.15) is 24.2 Å². The largest absolute Gasteiger partial charge is 0.493 e. The fourth-order valence-corrected chi connectivity index (χ4v) is 2.91. The Kier molecular flexibility index (Phi) is 6.62. The average molecular weight is 396 g/mol. The lowest BCUT2D eigenvalue weighted by Crippen LogP contribution is -2.25. The second kappa shape index (κ2) is 9.54. The van der Waals surface area contributed by atoms with Gasteiger partial charge in [0.25, 0.3) is 0 Å². The zero-order valence-electron chi connectivity index (χ0n) is 16.5. The fraction of sp³-hybridized carbons (Fsp3) is 0.300. The normalized spacial score (nSPS) is 11.6. The van der Waals surface area contributed by atoms with Gasteiger partial charge in [-0.3, -0.25) is 15.1 Å². The van der Waals surface area contributed by atoms with Gasteiger partial charge >= 0.3 is 0 Å². The van der Waals surface area contributed by atoms with Gasteiger partial charge in [-0.15, -0.1) is 0 Å². The topological polar surface area (TPSA) is 110 Å². The summed E-state index contributed by atoms with van der Waals surface area (Å²) in [4.78, 5) is 13.1. The van der Waals surface area contributed by atoms with Crippen LogP contribution in [0, 0.1) is 0 Å². The molecule has 0 bridgehead atoms. The molecule has 1 N–H and O–H groups in total. The highest BCUT2D eigenvalue weighted by Crippen LogP contribution is 2.31. The predicted octanol–water partition coefficient (Wildman–Crippen LogP) is 2.21. The van der Waals surface area contributed by atoms with Crippen LogP contribution in [-0.2, 0) is 11.2 Å². The molecular formula is C20H22N5O4-. The highest BCUT2D eigenvalue weighted by molar-refractivity contribution is 5.96. The van der Waals surface area contributed by atoms with E-state index in [1.165, 1.54) is 0 Å². The second-order valence-corrected chi connectivity index (χ2v) is 6.10. The Morgan fingerprint density at radius 3 is 2.59 bits per heavy atom. The van der Waals surface area contributed by atoms with Gasteiger partial charge in [0.2, 0.25) is 5.91 Å². The molecule has 29 heavy (non-hydrogen) atoms. The molecule has 0 aliphatic carbocycles. The van der Waals surface area contributed by atoms with Crippen LogP contribution in [0.5, 0.6) is 17.2 Å². The number of hydrogen-bond donors (Lipinski definition) is 1. The highest BCUT2D eigenvalue weighted by atomic mass is 16.5. The molecule has 152 valence electrons. The van der Waals surface area contributed by atoms with Crippen molar-refractivity contribution in [3.8, 4) is 17.2 Å². The third-order valence-corrected chi connectivity index (χ3v) is 4.30. The van der Waals surface area contributed by atoms with Gasteiger partial charge in [-0.25, -0.2) is 0 Å². The Labute approximate surface area is 168 Å². The van der Waals surface area contributed by atoms with Crippen LogP contribution in [0.15, 0.2) is 42.5 Å². The Bertz CT molecular complexity index is 946. The average Bonchev–Trinajstić information content (AvgIpc) is 3.27. The van der Waals surface area contributed by atoms with Crippen molar-refractivity contribution >= 4 is 11.6 Å². The minimum Gasteiger partial charge on any atom is -0.493 e. The van der Waals surface area contributed by atoms with E-state index in [2.05, 4.69) is 25.9 Å². The van der Waals surface area contributed by atoms with E-state index in [4.69, 9.17) is 14.2 Å². The maximum absolute atomic E-state index is 13.1. The van der Waals surface area contributed by atoms with Crippen molar-refractivity contribution in [2.24, 2.45) is 0 Å². The Balaban J connectivity index is 1.86. The maximum Gasteiger partial charge on any atom is 0.232 e. The Hall–Kier alpha value is -3.62. The van der Waals surface area contributed by atoms with E-state index in [1.54, 1.807) is 32.4 Å². The first-order valence-electron chi connectivity index (χ1n) is 9.08. The molecule has 1 atom stereocenters. The lowest BCUT2D eigenvalue weighted by molar-refractivity contribution is -0.117. The van der Waals surface area contributed by atoms with E-state index in [9.17, 15) is 4.79 Å². The van der Waals surface area contributed by atoms with Crippen LogP contribution in [0.4, 0.5) is 5.69 Å². The summed E-state index contributed by atoms with van der Waals surface area (Å²) in [5, 5.41) is 17.7. The molecule has 0 radical (unpaired) electrons. The van der Waals surface area contributed by atoms with Crippen molar-refractivity contribution in [1.82, 2.24) is 20.6 Å². The van der Waals surface area contributed by atoms with Crippen LogP contribution in [0.3, 0.4) is 0 Å². The zero-order valence-corrected chi connectivity index (χ0v) is 16.5. The molecular weight excluding hydrogens is 374 g/mol. The van der Waals surface area contributed by atoms with Gasteiger partial charge in [0.15, 0.2) is 11.5 Å². The molecule has 3 rings (SSSR count). The van der Waals surface area contributed by atoms with Crippen LogP contribution < -0.4 is 24.6 Å². The molecule has 9 nitrogen and oxygen atoms in total. The van der Waals surface area contributed by atoms with Gasteiger partial charge in [0, 0.05) is 5.82 Å². The van der Waals surface area contributed by atoms with Gasteiger partial charge < -0.3 is 24.6 Å². The number of amides is 1. The number of anilines is 1. The number of tetrazole rings is 1. The Morgan fingerprint density at radius 2 is 1.90 bits per heavy atom. The molecule has 0 unspecified atom stereocenters. The molecule has 0 aliphatic heterocycles. The molecule has 3 aromatic rings. The molecule has 2 aromatic carbocycles. The van der Waals surface area contributed by atoms with E-state index in [0.717, 1.165) is 5.56 Å². The first kappa shape index (κ1) is 20.1. The van der Waals surface area contributed by atoms with Crippen molar-refractivity contribution < 1.29 is 19.0 Å². The number of ether oxygens (including phenoxy) is 3. The number of nitrogens with one attached hydrogen (secondary N) is 1. The van der Waals surface area contributed by atoms with Gasteiger partial charge in [-0.2, -0.15) is 5.21 Å². The van der Waals surface area contributed by atoms with Crippen molar-refractivity contribution in [3.63, 3.8) is 0 Å². The smallest absolute Gasteiger partial charge is 0.232 e. The monoisotopic (exact) mass is 396 g/mol. The van der Waals surface area contributed by atoms with E-state index in [0.29, 0.717) is 36.0 Å². The third-order valence-electron chi connectivity index (χ3n) is 4.30. The number of para-hydroxylation sites is 2. The van der Waals surface area contributed by atoms with Gasteiger partial charge in [-0.05, 0) is 43.2 Å². The number of nitrogens with zero attached hydrogens (tertiary/aromatic N) is 4. The number of aromatic nitrogens is 4. The molecule has 0 fully saturated rings. The van der Waals surface area contributed by atoms with E-state index >= 15 is 0 Å².